The van der Waals surface area contributed by atoms with Gasteiger partial charge < -0.3 is 10.0 Å². The number of nitrogens with zero attached hydrogens (tertiary/aromatic N) is 1. The molecule has 2 rings (SSSR count). The zero-order valence-electron chi connectivity index (χ0n) is 12.4. The van der Waals surface area contributed by atoms with Gasteiger partial charge in [-0.2, -0.15) is 0 Å². The van der Waals surface area contributed by atoms with E-state index in [9.17, 15) is 4.79 Å². The molecule has 3 nitrogen and oxygen atoms in total. The van der Waals surface area contributed by atoms with Gasteiger partial charge in [-0.1, -0.05) is 23.4 Å². The van der Waals surface area contributed by atoms with Crippen LogP contribution in [0.4, 0.5) is 0 Å². The molecule has 1 fully saturated rings. The maximum Gasteiger partial charge on any atom is 0.254 e. The van der Waals surface area contributed by atoms with Crippen molar-refractivity contribution >= 4 is 17.5 Å². The smallest absolute Gasteiger partial charge is 0.254 e. The van der Waals surface area contributed by atoms with Crippen molar-refractivity contribution in [2.24, 2.45) is 0 Å². The van der Waals surface area contributed by atoms with Gasteiger partial charge in [0.05, 0.1) is 5.02 Å². The Kier molecular flexibility index (Phi) is 5.27. The Hall–Kier alpha value is -1.50. The summed E-state index contributed by atoms with van der Waals surface area (Å²) in [5.74, 6) is 5.35. The van der Waals surface area contributed by atoms with Crippen molar-refractivity contribution in [1.29, 1.82) is 0 Å². The summed E-state index contributed by atoms with van der Waals surface area (Å²) in [6.45, 7) is 3.98. The quantitative estimate of drug-likeness (QED) is 0.810. The summed E-state index contributed by atoms with van der Waals surface area (Å²) in [6, 6.07) is 5.67. The number of aliphatic hydroxyl groups is 1. The minimum atomic E-state index is -0.209. The third-order valence-corrected chi connectivity index (χ3v) is 4.26. The van der Waals surface area contributed by atoms with Crippen LogP contribution in [0.2, 0.25) is 5.02 Å². The number of rotatable bonds is 1. The normalized spacial score (nSPS) is 21.6. The molecule has 0 saturated carbocycles. The van der Waals surface area contributed by atoms with Crippen LogP contribution in [0.1, 0.15) is 49.0 Å². The number of amides is 1. The van der Waals surface area contributed by atoms with Crippen LogP contribution in [-0.4, -0.2) is 34.6 Å². The van der Waals surface area contributed by atoms with E-state index >= 15 is 0 Å². The van der Waals surface area contributed by atoms with Crippen molar-refractivity contribution < 1.29 is 9.90 Å². The molecule has 1 aliphatic rings. The summed E-state index contributed by atoms with van der Waals surface area (Å²) in [5.41, 5.74) is 1.22. The molecule has 0 unspecified atom stereocenters. The molecule has 4 heteroatoms. The van der Waals surface area contributed by atoms with E-state index < -0.39 is 0 Å². The molecule has 112 valence electrons. The van der Waals surface area contributed by atoms with Gasteiger partial charge in [0.1, 0.15) is 6.61 Å². The second-order valence-corrected chi connectivity index (χ2v) is 5.90. The van der Waals surface area contributed by atoms with Crippen LogP contribution >= 0.6 is 11.6 Å². The monoisotopic (exact) mass is 305 g/mol. The van der Waals surface area contributed by atoms with E-state index in [0.29, 0.717) is 16.1 Å². The van der Waals surface area contributed by atoms with Crippen molar-refractivity contribution in [1.82, 2.24) is 4.90 Å². The molecule has 0 aliphatic carbocycles. The first-order valence-electron chi connectivity index (χ1n) is 7.26. The summed E-state index contributed by atoms with van der Waals surface area (Å²) >= 11 is 6.17. The number of likely N-dealkylation sites (tertiary alicyclic amines) is 1. The van der Waals surface area contributed by atoms with Crippen LogP contribution in [0.15, 0.2) is 18.2 Å². The SMILES string of the molecule is C[C@@H]1CCC[C@H](C)N1C(=O)c1ccc(C#CCO)c(Cl)c1. The molecular formula is C17H20ClNO2. The standard InChI is InChI=1S/C17H20ClNO2/c1-12-5-3-6-13(2)19(12)17(21)15-9-8-14(7-4-10-20)16(18)11-15/h8-9,11-13,20H,3,5-6,10H2,1-2H3/t12-,13+. The van der Waals surface area contributed by atoms with Gasteiger partial charge in [-0.25, -0.2) is 0 Å². The molecule has 0 radical (unpaired) electrons. The summed E-state index contributed by atoms with van der Waals surface area (Å²) in [4.78, 5) is 14.6. The molecule has 1 aromatic rings. The Labute approximate surface area is 130 Å². The number of hydrogen-bond acceptors (Lipinski definition) is 2. The minimum absolute atomic E-state index is 0.0262. The second kappa shape index (κ2) is 6.98. The number of aliphatic hydroxyl groups excluding tert-OH is 1. The first kappa shape index (κ1) is 15.9. The van der Waals surface area contributed by atoms with Crippen LogP contribution in [-0.2, 0) is 0 Å². The number of piperidine rings is 1. The Morgan fingerprint density at radius 3 is 2.62 bits per heavy atom. The predicted octanol–water partition coefficient (Wildman–Crippen LogP) is 3.09. The third-order valence-electron chi connectivity index (χ3n) is 3.95. The maximum absolute atomic E-state index is 12.7. The van der Waals surface area contributed by atoms with Crippen molar-refractivity contribution in [3.63, 3.8) is 0 Å². The lowest BCUT2D eigenvalue weighted by atomic mass is 9.96. The summed E-state index contributed by atoms with van der Waals surface area (Å²) < 4.78 is 0. The van der Waals surface area contributed by atoms with Crippen molar-refractivity contribution in [2.45, 2.75) is 45.2 Å². The maximum atomic E-state index is 12.7. The van der Waals surface area contributed by atoms with E-state index in [-0.39, 0.29) is 24.6 Å². The lowest BCUT2D eigenvalue weighted by Gasteiger charge is -2.39. The average Bonchev–Trinajstić information content (AvgIpc) is 2.45. The van der Waals surface area contributed by atoms with E-state index in [0.717, 1.165) is 12.8 Å². The van der Waals surface area contributed by atoms with Gasteiger partial charge in [0, 0.05) is 23.2 Å². The van der Waals surface area contributed by atoms with Gasteiger partial charge in [0.25, 0.3) is 5.91 Å². The molecule has 1 amide bonds. The molecule has 1 N–H and O–H groups in total. The molecule has 0 bridgehead atoms. The van der Waals surface area contributed by atoms with E-state index in [2.05, 4.69) is 25.7 Å². The van der Waals surface area contributed by atoms with Crippen molar-refractivity contribution in [3.05, 3.63) is 34.3 Å². The Morgan fingerprint density at radius 2 is 2.05 bits per heavy atom. The minimum Gasteiger partial charge on any atom is -0.384 e. The topological polar surface area (TPSA) is 40.5 Å². The molecule has 0 spiro atoms. The van der Waals surface area contributed by atoms with Crippen LogP contribution in [0.25, 0.3) is 0 Å². The van der Waals surface area contributed by atoms with E-state index in [1.807, 2.05) is 4.90 Å². The van der Waals surface area contributed by atoms with Gasteiger partial charge >= 0.3 is 0 Å². The van der Waals surface area contributed by atoms with Gasteiger partial charge in [-0.15, -0.1) is 0 Å². The highest BCUT2D eigenvalue weighted by molar-refractivity contribution is 6.32. The summed E-state index contributed by atoms with van der Waals surface area (Å²) in [7, 11) is 0. The van der Waals surface area contributed by atoms with Crippen LogP contribution in [0, 0.1) is 11.8 Å². The molecular weight excluding hydrogens is 286 g/mol. The number of benzene rings is 1. The lowest BCUT2D eigenvalue weighted by molar-refractivity contribution is 0.0511. The van der Waals surface area contributed by atoms with Crippen LogP contribution in [0.3, 0.4) is 0 Å². The van der Waals surface area contributed by atoms with E-state index in [4.69, 9.17) is 16.7 Å². The van der Waals surface area contributed by atoms with Crippen molar-refractivity contribution in [2.75, 3.05) is 6.61 Å². The number of halogens is 1. The molecule has 1 aliphatic heterocycles. The zero-order chi connectivity index (χ0) is 15.4. The first-order valence-corrected chi connectivity index (χ1v) is 7.64. The molecule has 1 saturated heterocycles. The Morgan fingerprint density at radius 1 is 1.38 bits per heavy atom. The number of carbonyl (C=O) groups excluding carboxylic acids is 1. The average molecular weight is 306 g/mol. The summed E-state index contributed by atoms with van der Waals surface area (Å²) in [6.07, 6.45) is 3.26. The molecule has 21 heavy (non-hydrogen) atoms. The fraction of sp³-hybridized carbons (Fsp3) is 0.471. The zero-order valence-corrected chi connectivity index (χ0v) is 13.2. The number of carbonyl (C=O) groups is 1. The highest BCUT2D eigenvalue weighted by atomic mass is 35.5. The molecule has 1 aromatic carbocycles. The Balaban J connectivity index is 2.25. The number of hydrogen-bond donors (Lipinski definition) is 1. The van der Waals surface area contributed by atoms with Gasteiger partial charge in [0.2, 0.25) is 0 Å². The van der Waals surface area contributed by atoms with E-state index in [1.165, 1.54) is 6.42 Å². The largest absolute Gasteiger partial charge is 0.384 e. The lowest BCUT2D eigenvalue weighted by Crippen LogP contribution is -2.47. The molecule has 2 atom stereocenters. The first-order chi connectivity index (χ1) is 10.0. The van der Waals surface area contributed by atoms with Gasteiger partial charge in [0.15, 0.2) is 0 Å². The van der Waals surface area contributed by atoms with Gasteiger partial charge in [-0.05, 0) is 51.3 Å². The van der Waals surface area contributed by atoms with Crippen LogP contribution < -0.4 is 0 Å². The molecule has 1 heterocycles. The summed E-state index contributed by atoms with van der Waals surface area (Å²) in [5, 5.41) is 9.16. The highest BCUT2D eigenvalue weighted by Gasteiger charge is 2.29. The van der Waals surface area contributed by atoms with Gasteiger partial charge in [-0.3, -0.25) is 4.79 Å². The fourth-order valence-electron chi connectivity index (χ4n) is 2.85. The van der Waals surface area contributed by atoms with Crippen molar-refractivity contribution in [3.8, 4) is 11.8 Å². The van der Waals surface area contributed by atoms with E-state index in [1.54, 1.807) is 18.2 Å². The Bertz CT molecular complexity index is 578. The third kappa shape index (κ3) is 3.58. The van der Waals surface area contributed by atoms with Crippen LogP contribution in [0.5, 0.6) is 0 Å². The fourth-order valence-corrected chi connectivity index (χ4v) is 3.08. The highest BCUT2D eigenvalue weighted by Crippen LogP contribution is 2.26. The second-order valence-electron chi connectivity index (χ2n) is 5.50. The molecule has 0 aromatic heterocycles. The predicted molar refractivity (Wildman–Crippen MR) is 84.4 cm³/mol.